The van der Waals surface area contributed by atoms with Gasteiger partial charge in [0.05, 0.1) is 6.04 Å². The number of nitrogens with one attached hydrogen (secondary N) is 1. The molecule has 12 heavy (non-hydrogen) atoms. The van der Waals surface area contributed by atoms with Crippen molar-refractivity contribution in [2.45, 2.75) is 19.4 Å². The highest BCUT2D eigenvalue weighted by Crippen LogP contribution is 2.38. The summed E-state index contributed by atoms with van der Waals surface area (Å²) in [6.45, 7) is 2.21. The van der Waals surface area contributed by atoms with Crippen LogP contribution in [0.25, 0.3) is 0 Å². The molecule has 0 aliphatic heterocycles. The summed E-state index contributed by atoms with van der Waals surface area (Å²) < 4.78 is 5.40. The molecule has 1 aromatic heterocycles. The highest BCUT2D eigenvalue weighted by atomic mass is 35.5. The summed E-state index contributed by atoms with van der Waals surface area (Å²) in [6.07, 6.45) is 1.07. The van der Waals surface area contributed by atoms with E-state index in [0.717, 1.165) is 12.2 Å². The van der Waals surface area contributed by atoms with E-state index in [1.54, 1.807) is 0 Å². The summed E-state index contributed by atoms with van der Waals surface area (Å²) in [6, 6.07) is 2.26. The van der Waals surface area contributed by atoms with Crippen LogP contribution in [0.2, 0.25) is 5.22 Å². The van der Waals surface area contributed by atoms with Crippen LogP contribution < -0.4 is 5.32 Å². The zero-order valence-electron chi connectivity index (χ0n) is 7.23. The Hall–Kier alpha value is -0.470. The molecule has 0 spiro atoms. The lowest BCUT2D eigenvalue weighted by atomic mass is 10.1. The Balaban J connectivity index is 2.38. The maximum atomic E-state index is 5.75. The SMILES string of the molecule is CNC1c2oc(Cl)cc2CC1C. The van der Waals surface area contributed by atoms with Gasteiger partial charge in [-0.25, -0.2) is 0 Å². The van der Waals surface area contributed by atoms with Crippen molar-refractivity contribution in [3.63, 3.8) is 0 Å². The van der Waals surface area contributed by atoms with Crippen molar-refractivity contribution < 1.29 is 4.42 Å². The molecule has 0 saturated carbocycles. The van der Waals surface area contributed by atoms with Crippen LogP contribution in [0.15, 0.2) is 10.5 Å². The molecular formula is C9H12ClNO. The lowest BCUT2D eigenvalue weighted by molar-refractivity contribution is 0.375. The van der Waals surface area contributed by atoms with Gasteiger partial charge in [-0.05, 0) is 42.6 Å². The molecule has 2 unspecified atom stereocenters. The third kappa shape index (κ3) is 1.06. The quantitative estimate of drug-likeness (QED) is 0.727. The second-order valence-electron chi connectivity index (χ2n) is 3.39. The molecule has 66 valence electrons. The molecule has 1 aliphatic rings. The van der Waals surface area contributed by atoms with Gasteiger partial charge in [-0.15, -0.1) is 0 Å². The minimum atomic E-state index is 0.340. The number of fused-ring (bicyclic) bond motifs is 1. The predicted octanol–water partition coefficient (Wildman–Crippen LogP) is 2.39. The molecule has 1 aromatic rings. The van der Waals surface area contributed by atoms with Crippen LogP contribution in [0.5, 0.6) is 0 Å². The fourth-order valence-corrected chi connectivity index (χ4v) is 2.18. The molecular weight excluding hydrogens is 174 g/mol. The van der Waals surface area contributed by atoms with Crippen molar-refractivity contribution in [3.05, 3.63) is 22.6 Å². The lowest BCUT2D eigenvalue weighted by Gasteiger charge is -2.13. The summed E-state index contributed by atoms with van der Waals surface area (Å²) in [5, 5.41) is 3.74. The van der Waals surface area contributed by atoms with Crippen LogP contribution in [0.1, 0.15) is 24.3 Å². The Labute approximate surface area is 76.9 Å². The van der Waals surface area contributed by atoms with Gasteiger partial charge in [-0.3, -0.25) is 0 Å². The average molecular weight is 186 g/mol. The van der Waals surface area contributed by atoms with E-state index >= 15 is 0 Å². The summed E-state index contributed by atoms with van der Waals surface area (Å²) in [5.41, 5.74) is 1.26. The van der Waals surface area contributed by atoms with Crippen molar-refractivity contribution in [1.82, 2.24) is 5.32 Å². The number of furan rings is 1. The normalized spacial score (nSPS) is 27.6. The van der Waals surface area contributed by atoms with Gasteiger partial charge in [0.1, 0.15) is 5.76 Å². The summed E-state index contributed by atoms with van der Waals surface area (Å²) in [5.74, 6) is 1.64. The lowest BCUT2D eigenvalue weighted by Crippen LogP contribution is -2.19. The molecule has 2 atom stereocenters. The Bertz CT molecular complexity index is 295. The van der Waals surface area contributed by atoms with Crippen LogP contribution in [-0.2, 0) is 6.42 Å². The second kappa shape index (κ2) is 2.79. The predicted molar refractivity (Wildman–Crippen MR) is 48.4 cm³/mol. The molecule has 0 radical (unpaired) electrons. The van der Waals surface area contributed by atoms with Crippen LogP contribution in [-0.4, -0.2) is 7.05 Å². The third-order valence-electron chi connectivity index (χ3n) is 2.52. The topological polar surface area (TPSA) is 25.2 Å². The van der Waals surface area contributed by atoms with E-state index in [2.05, 4.69) is 12.2 Å². The summed E-state index contributed by atoms with van der Waals surface area (Å²) in [7, 11) is 1.95. The molecule has 0 aromatic carbocycles. The summed E-state index contributed by atoms with van der Waals surface area (Å²) >= 11 is 5.75. The first-order chi connectivity index (χ1) is 5.72. The van der Waals surface area contributed by atoms with Crippen LogP contribution in [0.3, 0.4) is 0 Å². The molecule has 0 saturated heterocycles. The molecule has 2 rings (SSSR count). The molecule has 1 heterocycles. The fourth-order valence-electron chi connectivity index (χ4n) is 1.97. The van der Waals surface area contributed by atoms with E-state index in [-0.39, 0.29) is 0 Å². The Morgan fingerprint density at radius 2 is 2.42 bits per heavy atom. The average Bonchev–Trinajstić information content (AvgIpc) is 2.43. The maximum Gasteiger partial charge on any atom is 0.193 e. The number of hydrogen-bond donors (Lipinski definition) is 1. The molecule has 0 amide bonds. The van der Waals surface area contributed by atoms with E-state index in [9.17, 15) is 0 Å². The van der Waals surface area contributed by atoms with Crippen LogP contribution in [0.4, 0.5) is 0 Å². The van der Waals surface area contributed by atoms with Crippen molar-refractivity contribution in [2.75, 3.05) is 7.05 Å². The van der Waals surface area contributed by atoms with E-state index < -0.39 is 0 Å². The highest BCUT2D eigenvalue weighted by molar-refractivity contribution is 6.28. The molecule has 1 N–H and O–H groups in total. The highest BCUT2D eigenvalue weighted by Gasteiger charge is 2.31. The Morgan fingerprint density at radius 1 is 1.67 bits per heavy atom. The smallest absolute Gasteiger partial charge is 0.193 e. The zero-order valence-corrected chi connectivity index (χ0v) is 7.98. The van der Waals surface area contributed by atoms with Gasteiger partial charge in [-0.2, -0.15) is 0 Å². The molecule has 3 heteroatoms. The minimum Gasteiger partial charge on any atom is -0.448 e. The van der Waals surface area contributed by atoms with Crippen molar-refractivity contribution in [3.8, 4) is 0 Å². The van der Waals surface area contributed by atoms with Crippen LogP contribution >= 0.6 is 11.6 Å². The first-order valence-corrected chi connectivity index (χ1v) is 4.55. The molecule has 2 nitrogen and oxygen atoms in total. The van der Waals surface area contributed by atoms with Gasteiger partial charge >= 0.3 is 0 Å². The van der Waals surface area contributed by atoms with Gasteiger partial charge in [-0.1, -0.05) is 6.92 Å². The largest absolute Gasteiger partial charge is 0.448 e. The Morgan fingerprint density at radius 3 is 3.08 bits per heavy atom. The number of hydrogen-bond acceptors (Lipinski definition) is 2. The Kier molecular flexibility index (Phi) is 1.89. The van der Waals surface area contributed by atoms with E-state index in [0.29, 0.717) is 17.2 Å². The van der Waals surface area contributed by atoms with Crippen LogP contribution in [0, 0.1) is 5.92 Å². The third-order valence-corrected chi connectivity index (χ3v) is 2.70. The van der Waals surface area contributed by atoms with Gasteiger partial charge in [0.25, 0.3) is 0 Å². The minimum absolute atomic E-state index is 0.340. The maximum absolute atomic E-state index is 5.75. The molecule has 0 bridgehead atoms. The van der Waals surface area contributed by atoms with E-state index in [1.807, 2.05) is 13.1 Å². The van der Waals surface area contributed by atoms with E-state index in [1.165, 1.54) is 5.56 Å². The van der Waals surface area contributed by atoms with Gasteiger partial charge < -0.3 is 9.73 Å². The zero-order chi connectivity index (χ0) is 8.72. The summed E-state index contributed by atoms with van der Waals surface area (Å²) in [4.78, 5) is 0. The van der Waals surface area contributed by atoms with Crippen molar-refractivity contribution in [2.24, 2.45) is 5.92 Å². The van der Waals surface area contributed by atoms with Gasteiger partial charge in [0.15, 0.2) is 5.22 Å². The number of halogens is 1. The second-order valence-corrected chi connectivity index (χ2v) is 3.76. The monoisotopic (exact) mass is 185 g/mol. The van der Waals surface area contributed by atoms with Gasteiger partial charge in [0.2, 0.25) is 0 Å². The molecule has 0 fully saturated rings. The molecule has 1 aliphatic carbocycles. The van der Waals surface area contributed by atoms with Crippen molar-refractivity contribution >= 4 is 11.6 Å². The van der Waals surface area contributed by atoms with Gasteiger partial charge in [0, 0.05) is 0 Å². The fraction of sp³-hybridized carbons (Fsp3) is 0.556. The van der Waals surface area contributed by atoms with E-state index in [4.69, 9.17) is 16.0 Å². The standard InChI is InChI=1S/C9H12ClNO/c1-5-3-6-4-7(10)12-9(6)8(5)11-2/h4-5,8,11H,3H2,1-2H3. The first-order valence-electron chi connectivity index (χ1n) is 4.17. The van der Waals surface area contributed by atoms with Crippen molar-refractivity contribution in [1.29, 1.82) is 0 Å². The number of rotatable bonds is 1. The first kappa shape index (κ1) is 8.14.